The molecule has 0 saturated heterocycles. The van der Waals surface area contributed by atoms with Crippen LogP contribution >= 0.6 is 79.4 Å². The molecule has 0 unspecified atom stereocenters. The Labute approximate surface area is 801 Å². The predicted molar refractivity (Wildman–Crippen MR) is 583 cm³/mol. The molecule has 0 atom stereocenters. The number of pyridine rings is 5. The Hall–Kier alpha value is -14.7. The summed E-state index contributed by atoms with van der Waals surface area (Å²) in [5.74, 6) is 0. The van der Waals surface area contributed by atoms with Gasteiger partial charge in [0.2, 0.25) is 0 Å². The Bertz CT molecular complexity index is 8910. The number of hydrogen-bond donors (Lipinski definition) is 0. The molecule has 0 spiro atoms. The Kier molecular flexibility index (Phi) is 23.3. The van der Waals surface area contributed by atoms with E-state index in [1.807, 2.05) is 102 Å². The van der Waals surface area contributed by atoms with Crippen LogP contribution in [0, 0.1) is 48.5 Å². The van der Waals surface area contributed by atoms with Crippen molar-refractivity contribution in [3.63, 3.8) is 0 Å². The second kappa shape index (κ2) is 36.8. The predicted octanol–water partition coefficient (Wildman–Crippen LogP) is 35.2. The SMILES string of the molecule is Cc1ccc(-c2nccc3c2sc2ccccc23)cc1.Cc1cccc(-c2nccc3c2sc2ccccc23)c1.Cc1cccc(-c2ncnc3c2sc2ccccc23)c1.Cc1cccc2c1sc1c(-c3ccc4c5ccccc5c5ccccc5c4c3)cccc12.Cc1nccc2c1sc1ccccc12.Cc1nccc2c1sc1cnccc12.Cc1ncnc2c1sc1ccccc12. The van der Waals surface area contributed by atoms with Crippen LogP contribution in [0.1, 0.15) is 39.3 Å². The topological polar surface area (TPSA) is 116 Å². The number of thiophene rings is 7. The van der Waals surface area contributed by atoms with Gasteiger partial charge in [0.25, 0.3) is 0 Å². The molecular formula is C118H83N9S7. The van der Waals surface area contributed by atoms with Crippen LogP contribution in [0.4, 0.5) is 0 Å². The maximum atomic E-state index is 4.62. The van der Waals surface area contributed by atoms with Crippen molar-refractivity contribution in [3.05, 3.63) is 417 Å². The van der Waals surface area contributed by atoms with E-state index < -0.39 is 0 Å². The molecule has 0 bridgehead atoms. The van der Waals surface area contributed by atoms with Gasteiger partial charge in [-0.2, -0.15) is 0 Å². The Morgan fingerprint density at radius 1 is 0.187 bits per heavy atom. The molecule has 642 valence electrons. The Balaban J connectivity index is 0.0000000929. The molecule has 14 aromatic carbocycles. The Morgan fingerprint density at radius 2 is 0.552 bits per heavy atom. The van der Waals surface area contributed by atoms with E-state index in [-0.39, 0.29) is 0 Å². The van der Waals surface area contributed by atoms with E-state index >= 15 is 0 Å². The molecular weight excluding hydrogens is 1770 g/mol. The van der Waals surface area contributed by atoms with Gasteiger partial charge in [-0.05, 0) is 176 Å². The smallest absolute Gasteiger partial charge is 0.116 e. The van der Waals surface area contributed by atoms with Crippen LogP contribution in [0.5, 0.6) is 0 Å². The molecule has 0 aliphatic rings. The molecule has 0 amide bonds. The summed E-state index contributed by atoms with van der Waals surface area (Å²) in [6.07, 6.45) is 14.6. The molecule has 0 aliphatic heterocycles. The van der Waals surface area contributed by atoms with Crippen LogP contribution in [-0.4, -0.2) is 44.9 Å². The van der Waals surface area contributed by atoms with Crippen LogP contribution in [0.25, 0.3) is 219 Å². The van der Waals surface area contributed by atoms with Gasteiger partial charge in [-0.1, -0.05) is 265 Å². The third-order valence-corrected chi connectivity index (χ3v) is 33.4. The molecule has 0 radical (unpaired) electrons. The number of hydrogen-bond acceptors (Lipinski definition) is 16. The van der Waals surface area contributed by atoms with Crippen molar-refractivity contribution in [1.82, 2.24) is 44.9 Å². The highest BCUT2D eigenvalue weighted by atomic mass is 32.1. The van der Waals surface area contributed by atoms with E-state index in [0.29, 0.717) is 0 Å². The van der Waals surface area contributed by atoms with Crippen molar-refractivity contribution in [2.24, 2.45) is 0 Å². The molecule has 14 aromatic heterocycles. The molecule has 0 saturated carbocycles. The van der Waals surface area contributed by atoms with Gasteiger partial charge < -0.3 is 0 Å². The molecule has 0 N–H and O–H groups in total. The fourth-order valence-electron chi connectivity index (χ4n) is 18.1. The summed E-state index contributed by atoms with van der Waals surface area (Å²) in [7, 11) is 0. The van der Waals surface area contributed by atoms with Crippen LogP contribution in [-0.2, 0) is 0 Å². The minimum Gasteiger partial charge on any atom is -0.263 e. The Morgan fingerprint density at radius 3 is 1.10 bits per heavy atom. The first kappa shape index (κ1) is 84.8. The summed E-state index contributed by atoms with van der Waals surface area (Å²) in [5.41, 5.74) is 19.9. The third kappa shape index (κ3) is 16.3. The van der Waals surface area contributed by atoms with Crippen molar-refractivity contribution in [3.8, 4) is 44.9 Å². The average Bonchev–Trinajstić information content (AvgIpc) is 0.840. The monoisotopic (exact) mass is 1850 g/mol. The summed E-state index contributed by atoms with van der Waals surface area (Å²) in [5, 5.41) is 23.6. The number of rotatable bonds is 4. The molecule has 9 nitrogen and oxygen atoms in total. The maximum absolute atomic E-state index is 4.62. The first-order valence-electron chi connectivity index (χ1n) is 44.4. The van der Waals surface area contributed by atoms with Crippen molar-refractivity contribution in [2.75, 3.05) is 0 Å². The van der Waals surface area contributed by atoms with Crippen molar-refractivity contribution in [2.45, 2.75) is 48.5 Å². The second-order valence-corrected chi connectivity index (χ2v) is 40.6. The van der Waals surface area contributed by atoms with E-state index in [0.717, 1.165) is 50.8 Å². The van der Waals surface area contributed by atoms with Gasteiger partial charge in [0.05, 0.1) is 78.1 Å². The van der Waals surface area contributed by atoms with E-state index in [2.05, 4.69) is 401 Å². The molecule has 14 heterocycles. The zero-order valence-electron chi connectivity index (χ0n) is 74.2. The number of aromatic nitrogens is 9. The van der Waals surface area contributed by atoms with Crippen LogP contribution in [0.2, 0.25) is 0 Å². The first-order chi connectivity index (χ1) is 65.9. The number of nitrogens with zero attached hydrogens (tertiary/aromatic N) is 9. The van der Waals surface area contributed by atoms with Gasteiger partial charge in [-0.3, -0.25) is 24.9 Å². The molecule has 0 fully saturated rings. The number of aryl methyl sites for hydroxylation is 7. The summed E-state index contributed by atoms with van der Waals surface area (Å²) in [6.45, 7) is 14.7. The van der Waals surface area contributed by atoms with Gasteiger partial charge in [0, 0.05) is 151 Å². The van der Waals surface area contributed by atoms with Gasteiger partial charge in [0.1, 0.15) is 12.7 Å². The quantitative estimate of drug-likeness (QED) is 0.159. The van der Waals surface area contributed by atoms with Crippen LogP contribution < -0.4 is 0 Å². The highest BCUT2D eigenvalue weighted by Gasteiger charge is 2.20. The summed E-state index contributed by atoms with van der Waals surface area (Å²) in [4.78, 5) is 39.5. The lowest BCUT2D eigenvalue weighted by Gasteiger charge is -2.12. The molecule has 28 rings (SSSR count). The second-order valence-electron chi connectivity index (χ2n) is 33.3. The molecule has 134 heavy (non-hydrogen) atoms. The van der Waals surface area contributed by atoms with Crippen molar-refractivity contribution >= 4 is 253 Å². The van der Waals surface area contributed by atoms with Crippen LogP contribution in [0.15, 0.2) is 377 Å². The lowest BCUT2D eigenvalue weighted by Crippen LogP contribution is -1.86. The van der Waals surface area contributed by atoms with Gasteiger partial charge in [-0.25, -0.2) is 19.9 Å². The zero-order chi connectivity index (χ0) is 90.4. The van der Waals surface area contributed by atoms with Crippen molar-refractivity contribution < 1.29 is 0 Å². The van der Waals surface area contributed by atoms with Gasteiger partial charge in [0.15, 0.2) is 0 Å². The van der Waals surface area contributed by atoms with Crippen LogP contribution in [0.3, 0.4) is 0 Å². The fraction of sp³-hybridized carbons (Fsp3) is 0.0593. The van der Waals surface area contributed by atoms with Crippen molar-refractivity contribution in [1.29, 1.82) is 0 Å². The van der Waals surface area contributed by atoms with E-state index in [1.165, 1.54) is 207 Å². The fourth-order valence-corrected chi connectivity index (χ4v) is 26.4. The largest absolute Gasteiger partial charge is 0.263 e. The number of fused-ring (bicyclic) bond motifs is 27. The number of benzene rings is 14. The van der Waals surface area contributed by atoms with Gasteiger partial charge >= 0.3 is 0 Å². The normalized spacial score (nSPS) is 11.4. The standard InChI is InChI=1S/C31H20S.2C18H13NS.C17H12N2S.C12H9NS.2C11H8N2S/c1-19-8-6-14-27-28-15-7-13-21(31(28)32-30(19)27)20-16-17-26-24-11-3-2-9-22(24)23-10-4-5-12-25(23)29(26)18-20;1-12-5-4-6-13(11-12)17-18-15(9-10-19-17)14-7-2-3-8-16(14)20-18;1-12-6-8-13(9-7-12)17-18-15(10-11-19-17)14-4-2-3-5-16(14)20-18;1-11-5-4-6-12(9-11)15-17-16(19-10-18-15)13-7-2-3-8-14(13)20-17;1-8-12-10(6-7-13-8)9-4-2-3-5-11(9)14-12;1-7-11-9(3-5-13-7)8-2-4-12-6-10(8)14-11;1-7-11-10(13-6-12-7)8-4-2-3-5-9(8)14-11/h2-18H,1H3;2*2-11H,1H3;2-10H,1H3;2-7H,1H3;2*2-6H,1H3. The first-order valence-corrected chi connectivity index (χ1v) is 50.1. The summed E-state index contributed by atoms with van der Waals surface area (Å²) in [6, 6.07) is 116. The summed E-state index contributed by atoms with van der Waals surface area (Å²) < 4.78 is 18.1. The average molecular weight is 1850 g/mol. The maximum Gasteiger partial charge on any atom is 0.116 e. The minimum absolute atomic E-state index is 1.03. The van der Waals surface area contributed by atoms with E-state index in [9.17, 15) is 0 Å². The highest BCUT2D eigenvalue weighted by Crippen LogP contribution is 2.47. The molecule has 16 heteroatoms. The third-order valence-electron chi connectivity index (χ3n) is 24.6. The summed E-state index contributed by atoms with van der Waals surface area (Å²) >= 11 is 12.7. The highest BCUT2D eigenvalue weighted by molar-refractivity contribution is 7.28. The van der Waals surface area contributed by atoms with E-state index in [4.69, 9.17) is 0 Å². The molecule has 0 aliphatic carbocycles. The zero-order valence-corrected chi connectivity index (χ0v) is 79.9. The molecule has 28 aromatic rings. The minimum atomic E-state index is 1.03. The van der Waals surface area contributed by atoms with E-state index in [1.54, 1.807) is 46.7 Å². The van der Waals surface area contributed by atoms with Gasteiger partial charge in [-0.15, -0.1) is 79.4 Å². The lowest BCUT2D eigenvalue weighted by atomic mass is 9.92. The lowest BCUT2D eigenvalue weighted by molar-refractivity contribution is 1.16.